The van der Waals surface area contributed by atoms with Gasteiger partial charge in [-0.3, -0.25) is 14.3 Å². The van der Waals surface area contributed by atoms with E-state index in [1.165, 1.54) is 11.9 Å². The van der Waals surface area contributed by atoms with Crippen LogP contribution in [0, 0.1) is 13.8 Å². The molecule has 0 aliphatic carbocycles. The van der Waals surface area contributed by atoms with Crippen LogP contribution in [0.4, 0.5) is 5.95 Å². The molecule has 0 aliphatic rings. The van der Waals surface area contributed by atoms with E-state index < -0.39 is 0 Å². The van der Waals surface area contributed by atoms with E-state index in [1.807, 2.05) is 55.1 Å². The molecule has 3 aromatic heterocycles. The average Bonchev–Trinajstić information content (AvgIpc) is 3.37. The number of nitrogens with one attached hydrogen (secondary N) is 1. The minimum Gasteiger partial charge on any atom is -0.494 e. The second-order valence-corrected chi connectivity index (χ2v) is 9.82. The largest absolute Gasteiger partial charge is 0.494 e. The lowest BCUT2D eigenvalue weighted by atomic mass is 10.2. The van der Waals surface area contributed by atoms with E-state index >= 15 is 0 Å². The Balaban J connectivity index is 0.000000771. The van der Waals surface area contributed by atoms with E-state index in [9.17, 15) is 0 Å². The van der Waals surface area contributed by atoms with Gasteiger partial charge < -0.3 is 19.3 Å². The summed E-state index contributed by atoms with van der Waals surface area (Å²) in [6, 6.07) is 7.66. The highest BCUT2D eigenvalue weighted by molar-refractivity contribution is 8.01. The van der Waals surface area contributed by atoms with E-state index in [4.69, 9.17) is 14.6 Å². The molecular formula is C27H35N7O4S. The number of aromatic nitrogens is 6. The van der Waals surface area contributed by atoms with E-state index in [0.29, 0.717) is 42.0 Å². The second-order valence-electron chi connectivity index (χ2n) is 8.57. The monoisotopic (exact) mass is 553 g/mol. The smallest absolute Gasteiger partial charge is 0.239 e. The van der Waals surface area contributed by atoms with Crippen molar-refractivity contribution in [1.29, 1.82) is 0 Å². The Labute approximate surface area is 233 Å². The molecule has 0 radical (unpaired) electrons. The Kier molecular flexibility index (Phi) is 11.5. The summed E-state index contributed by atoms with van der Waals surface area (Å²) in [6.45, 7) is 6.64. The number of rotatable bonds is 11. The van der Waals surface area contributed by atoms with Gasteiger partial charge in [-0.25, -0.2) is 9.97 Å². The molecule has 1 unspecified atom stereocenters. The van der Waals surface area contributed by atoms with Crippen molar-refractivity contribution < 1.29 is 19.3 Å². The van der Waals surface area contributed by atoms with Crippen LogP contribution in [-0.2, 0) is 11.2 Å². The number of aryl methyl sites for hydroxylation is 2. The standard InChI is InChI=1S/C24H27N7O2S.C3H8O2/c1-15-9-18(14-25-11-15)23-28-29-24(30-34-17(3)10-21-26-12-16(2)13-27-21)31(23)22-19(32-4)7-6-8-20(22)33-5;1-5-3-2-4/h6-9,11-14,17H,10H2,1-5H3,(H,29,30);4H,2-3H2,1H3. The molecule has 0 saturated carbocycles. The maximum absolute atomic E-state index is 7.94. The second kappa shape index (κ2) is 15.0. The lowest BCUT2D eigenvalue weighted by Gasteiger charge is -2.18. The molecule has 0 bridgehead atoms. The Morgan fingerprint density at radius 2 is 1.67 bits per heavy atom. The number of ether oxygens (including phenoxy) is 3. The molecule has 39 heavy (non-hydrogen) atoms. The number of anilines is 1. The minimum absolute atomic E-state index is 0.122. The van der Waals surface area contributed by atoms with Crippen LogP contribution in [0.3, 0.4) is 0 Å². The van der Waals surface area contributed by atoms with E-state index in [1.54, 1.807) is 33.7 Å². The number of benzene rings is 1. The summed E-state index contributed by atoms with van der Waals surface area (Å²) in [6.07, 6.45) is 7.94. The molecular weight excluding hydrogens is 518 g/mol. The molecule has 4 aromatic rings. The molecule has 0 fully saturated rings. The average molecular weight is 554 g/mol. The zero-order valence-corrected chi connectivity index (χ0v) is 23.9. The van der Waals surface area contributed by atoms with Crippen molar-refractivity contribution in [2.24, 2.45) is 0 Å². The van der Waals surface area contributed by atoms with Gasteiger partial charge in [0.15, 0.2) is 5.82 Å². The lowest BCUT2D eigenvalue weighted by molar-refractivity contribution is 0.135. The van der Waals surface area contributed by atoms with Gasteiger partial charge in [0.05, 0.1) is 27.4 Å². The minimum atomic E-state index is 0.122. The van der Waals surface area contributed by atoms with Crippen molar-refractivity contribution in [3.8, 4) is 28.6 Å². The van der Waals surface area contributed by atoms with Gasteiger partial charge >= 0.3 is 0 Å². The highest BCUT2D eigenvalue weighted by atomic mass is 32.2. The summed E-state index contributed by atoms with van der Waals surface area (Å²) in [5, 5.41) is 17.1. The number of hydrogen-bond donors (Lipinski definition) is 2. The summed E-state index contributed by atoms with van der Waals surface area (Å²) in [5.74, 6) is 3.23. The highest BCUT2D eigenvalue weighted by Crippen LogP contribution is 2.38. The molecule has 1 aromatic carbocycles. The summed E-state index contributed by atoms with van der Waals surface area (Å²) in [7, 11) is 4.81. The lowest BCUT2D eigenvalue weighted by Crippen LogP contribution is -2.11. The first-order chi connectivity index (χ1) is 18.9. The number of pyridine rings is 1. The van der Waals surface area contributed by atoms with Crippen LogP contribution in [0.2, 0.25) is 0 Å². The van der Waals surface area contributed by atoms with Crippen molar-refractivity contribution >= 4 is 17.9 Å². The Morgan fingerprint density at radius 3 is 2.23 bits per heavy atom. The molecule has 4 rings (SSSR count). The Bertz CT molecular complexity index is 1290. The SMILES string of the molecule is COCCO.COc1cccc(OC)c1-n1c(NSC(C)Cc2ncc(C)cn2)nnc1-c1cncc(C)c1. The number of aliphatic hydroxyl groups is 1. The van der Waals surface area contributed by atoms with Crippen LogP contribution in [0.15, 0.2) is 49.1 Å². The normalized spacial score (nSPS) is 11.4. The van der Waals surface area contributed by atoms with Crippen LogP contribution in [0.1, 0.15) is 23.9 Å². The van der Waals surface area contributed by atoms with Gasteiger partial charge in [-0.2, -0.15) is 0 Å². The first kappa shape index (κ1) is 29.8. The topological polar surface area (TPSA) is 129 Å². The predicted molar refractivity (Wildman–Crippen MR) is 153 cm³/mol. The number of para-hydroxylation sites is 1. The third-order valence-electron chi connectivity index (χ3n) is 5.37. The number of methoxy groups -OCH3 is 3. The third-order valence-corrected chi connectivity index (χ3v) is 6.24. The molecule has 208 valence electrons. The predicted octanol–water partition coefficient (Wildman–Crippen LogP) is 4.07. The zero-order chi connectivity index (χ0) is 28.2. The van der Waals surface area contributed by atoms with E-state index in [2.05, 4.69) is 41.5 Å². The van der Waals surface area contributed by atoms with Crippen molar-refractivity contribution in [1.82, 2.24) is 29.7 Å². The van der Waals surface area contributed by atoms with Crippen LogP contribution in [0.5, 0.6) is 11.5 Å². The van der Waals surface area contributed by atoms with Gasteiger partial charge in [-0.15, -0.1) is 10.2 Å². The van der Waals surface area contributed by atoms with Gasteiger partial charge in [-0.05, 0) is 55.1 Å². The number of nitrogens with zero attached hydrogens (tertiary/aromatic N) is 6. The van der Waals surface area contributed by atoms with Gasteiger partial charge in [0.25, 0.3) is 0 Å². The van der Waals surface area contributed by atoms with Gasteiger partial charge in [-0.1, -0.05) is 13.0 Å². The number of aliphatic hydroxyl groups excluding tert-OH is 1. The molecule has 11 nitrogen and oxygen atoms in total. The van der Waals surface area contributed by atoms with Crippen LogP contribution < -0.4 is 14.2 Å². The fourth-order valence-electron chi connectivity index (χ4n) is 3.55. The fourth-order valence-corrected chi connectivity index (χ4v) is 4.22. The molecule has 0 amide bonds. The first-order valence-corrected chi connectivity index (χ1v) is 13.2. The maximum Gasteiger partial charge on any atom is 0.239 e. The van der Waals surface area contributed by atoms with Crippen molar-refractivity contribution in [3.05, 3.63) is 66.0 Å². The molecule has 0 saturated heterocycles. The van der Waals surface area contributed by atoms with Crippen molar-refractivity contribution in [2.45, 2.75) is 32.4 Å². The van der Waals surface area contributed by atoms with Gasteiger partial charge in [0.1, 0.15) is 23.0 Å². The Hall–Kier alpha value is -3.74. The van der Waals surface area contributed by atoms with Crippen LogP contribution in [-0.4, -0.2) is 74.6 Å². The van der Waals surface area contributed by atoms with E-state index in [0.717, 1.165) is 22.5 Å². The van der Waals surface area contributed by atoms with Crippen LogP contribution in [0.25, 0.3) is 17.1 Å². The highest BCUT2D eigenvalue weighted by Gasteiger charge is 2.23. The Morgan fingerprint density at radius 1 is 0.974 bits per heavy atom. The quantitative estimate of drug-likeness (QED) is 0.261. The van der Waals surface area contributed by atoms with E-state index in [-0.39, 0.29) is 11.9 Å². The molecule has 1 atom stereocenters. The van der Waals surface area contributed by atoms with Crippen molar-refractivity contribution in [2.75, 3.05) is 39.3 Å². The maximum atomic E-state index is 7.94. The van der Waals surface area contributed by atoms with Gasteiger partial charge in [0, 0.05) is 49.1 Å². The fraction of sp³-hybridized carbons (Fsp3) is 0.370. The summed E-state index contributed by atoms with van der Waals surface area (Å²) < 4.78 is 21.1. The third kappa shape index (κ3) is 8.12. The molecule has 3 heterocycles. The summed E-state index contributed by atoms with van der Waals surface area (Å²) in [4.78, 5) is 13.2. The summed E-state index contributed by atoms with van der Waals surface area (Å²) >= 11 is 1.53. The molecule has 0 spiro atoms. The number of hydrogen-bond acceptors (Lipinski definition) is 11. The zero-order valence-electron chi connectivity index (χ0n) is 23.1. The van der Waals surface area contributed by atoms with Crippen LogP contribution >= 0.6 is 11.9 Å². The molecule has 12 heteroatoms. The van der Waals surface area contributed by atoms with Gasteiger partial charge in [0.2, 0.25) is 5.95 Å². The van der Waals surface area contributed by atoms with Crippen molar-refractivity contribution in [3.63, 3.8) is 0 Å². The molecule has 2 N–H and O–H groups in total. The molecule has 0 aliphatic heterocycles. The summed E-state index contributed by atoms with van der Waals surface area (Å²) in [5.41, 5.74) is 3.60. The first-order valence-electron chi connectivity index (χ1n) is 12.3.